The monoisotopic (exact) mass is 216 g/mol. The van der Waals surface area contributed by atoms with Gasteiger partial charge in [-0.25, -0.2) is 0 Å². The molecule has 3 nitrogen and oxygen atoms in total. The normalized spacial score (nSPS) is 20.2. The van der Waals surface area contributed by atoms with Crippen molar-refractivity contribution in [3.63, 3.8) is 0 Å². The van der Waals surface area contributed by atoms with Gasteiger partial charge in [-0.1, -0.05) is 13.3 Å². The molecular formula is C10H20N2OS. The van der Waals surface area contributed by atoms with Crippen LogP contribution in [0.5, 0.6) is 0 Å². The maximum atomic E-state index is 11.5. The molecule has 1 saturated carbocycles. The van der Waals surface area contributed by atoms with Crippen molar-refractivity contribution in [2.45, 2.75) is 43.4 Å². The average molecular weight is 216 g/mol. The van der Waals surface area contributed by atoms with Crippen LogP contribution in [0.4, 0.5) is 0 Å². The van der Waals surface area contributed by atoms with Gasteiger partial charge in [0.05, 0.1) is 6.04 Å². The van der Waals surface area contributed by atoms with Crippen molar-refractivity contribution < 1.29 is 4.79 Å². The maximum absolute atomic E-state index is 11.5. The van der Waals surface area contributed by atoms with Gasteiger partial charge in [0.1, 0.15) is 0 Å². The Balaban J connectivity index is 2.20. The van der Waals surface area contributed by atoms with Gasteiger partial charge in [0.25, 0.3) is 0 Å². The zero-order valence-corrected chi connectivity index (χ0v) is 9.82. The number of rotatable bonds is 6. The number of hydrogen-bond acceptors (Lipinski definition) is 3. The minimum atomic E-state index is -0.322. The molecule has 14 heavy (non-hydrogen) atoms. The molecule has 0 saturated heterocycles. The van der Waals surface area contributed by atoms with E-state index in [1.54, 1.807) is 0 Å². The van der Waals surface area contributed by atoms with E-state index in [0.717, 1.165) is 19.4 Å². The fraction of sp³-hybridized carbons (Fsp3) is 0.900. The van der Waals surface area contributed by atoms with E-state index in [1.807, 2.05) is 18.7 Å². The van der Waals surface area contributed by atoms with Crippen molar-refractivity contribution in [1.29, 1.82) is 0 Å². The summed E-state index contributed by atoms with van der Waals surface area (Å²) in [6.07, 6.45) is 6.28. The highest BCUT2D eigenvalue weighted by molar-refractivity contribution is 8.00. The summed E-state index contributed by atoms with van der Waals surface area (Å²) in [4.78, 5) is 11.5. The van der Waals surface area contributed by atoms with Gasteiger partial charge in [-0.2, -0.15) is 11.8 Å². The molecule has 0 aliphatic heterocycles. The van der Waals surface area contributed by atoms with E-state index in [4.69, 9.17) is 5.73 Å². The molecule has 0 unspecified atom stereocenters. The third-order valence-corrected chi connectivity index (χ3v) is 4.18. The quantitative estimate of drug-likeness (QED) is 0.699. The molecular weight excluding hydrogens is 196 g/mol. The van der Waals surface area contributed by atoms with Gasteiger partial charge < -0.3 is 11.1 Å². The standard InChI is InChI=1S/C10H20N2OS/c1-3-4-8(11)9(13)12-7-10(14-2)5-6-10/h8H,3-7,11H2,1-2H3,(H,12,13)/t8-/m1/s1. The minimum absolute atomic E-state index is 0.00664. The van der Waals surface area contributed by atoms with E-state index in [-0.39, 0.29) is 11.9 Å². The maximum Gasteiger partial charge on any atom is 0.236 e. The van der Waals surface area contributed by atoms with Crippen LogP contribution in [0.1, 0.15) is 32.6 Å². The fourth-order valence-corrected chi connectivity index (χ4v) is 2.14. The first-order valence-corrected chi connectivity index (χ1v) is 6.44. The Hall–Kier alpha value is -0.220. The van der Waals surface area contributed by atoms with Crippen molar-refractivity contribution in [3.05, 3.63) is 0 Å². The molecule has 1 fully saturated rings. The Bertz CT molecular complexity index is 204. The van der Waals surface area contributed by atoms with Crippen molar-refractivity contribution in [1.82, 2.24) is 5.32 Å². The second-order valence-electron chi connectivity index (χ2n) is 4.00. The number of thioether (sulfide) groups is 1. The van der Waals surface area contributed by atoms with Crippen LogP contribution in [0, 0.1) is 0 Å². The Morgan fingerprint density at radius 1 is 1.64 bits per heavy atom. The van der Waals surface area contributed by atoms with E-state index in [9.17, 15) is 4.79 Å². The predicted octanol–water partition coefficient (Wildman–Crippen LogP) is 1.13. The fourth-order valence-electron chi connectivity index (χ4n) is 1.41. The van der Waals surface area contributed by atoms with Gasteiger partial charge in [-0.15, -0.1) is 0 Å². The van der Waals surface area contributed by atoms with Gasteiger partial charge in [-0.3, -0.25) is 4.79 Å². The number of hydrogen-bond donors (Lipinski definition) is 2. The molecule has 0 aromatic carbocycles. The van der Waals surface area contributed by atoms with E-state index >= 15 is 0 Å². The van der Waals surface area contributed by atoms with E-state index < -0.39 is 0 Å². The third kappa shape index (κ3) is 3.17. The molecule has 82 valence electrons. The minimum Gasteiger partial charge on any atom is -0.353 e. The molecule has 1 rings (SSSR count). The van der Waals surface area contributed by atoms with Crippen LogP contribution < -0.4 is 11.1 Å². The average Bonchev–Trinajstić information content (AvgIpc) is 2.95. The van der Waals surface area contributed by atoms with Crippen molar-refractivity contribution in [2.75, 3.05) is 12.8 Å². The number of nitrogens with two attached hydrogens (primary N) is 1. The number of carbonyl (C=O) groups excluding carboxylic acids is 1. The Kier molecular flexibility index (Phi) is 4.26. The summed E-state index contributed by atoms with van der Waals surface area (Å²) < 4.78 is 0.335. The van der Waals surface area contributed by atoms with Crippen molar-refractivity contribution in [3.8, 4) is 0 Å². The summed E-state index contributed by atoms with van der Waals surface area (Å²) >= 11 is 1.85. The number of nitrogens with one attached hydrogen (secondary N) is 1. The Morgan fingerprint density at radius 2 is 2.29 bits per heavy atom. The molecule has 1 atom stereocenters. The molecule has 1 aliphatic carbocycles. The van der Waals surface area contributed by atoms with Crippen LogP contribution in [-0.4, -0.2) is 29.5 Å². The van der Waals surface area contributed by atoms with E-state index in [1.165, 1.54) is 12.8 Å². The Morgan fingerprint density at radius 3 is 2.71 bits per heavy atom. The Labute approximate surface area is 90.2 Å². The smallest absolute Gasteiger partial charge is 0.236 e. The molecule has 3 N–H and O–H groups in total. The lowest BCUT2D eigenvalue weighted by Gasteiger charge is -2.15. The van der Waals surface area contributed by atoms with Gasteiger partial charge in [0, 0.05) is 11.3 Å². The van der Waals surface area contributed by atoms with Crippen LogP contribution in [0.25, 0.3) is 0 Å². The second kappa shape index (κ2) is 5.03. The summed E-state index contributed by atoms with van der Waals surface area (Å²) in [6.45, 7) is 2.82. The lowest BCUT2D eigenvalue weighted by molar-refractivity contribution is -0.122. The first-order valence-electron chi connectivity index (χ1n) is 5.22. The third-order valence-electron chi connectivity index (χ3n) is 2.76. The van der Waals surface area contributed by atoms with Gasteiger partial charge in [0.2, 0.25) is 5.91 Å². The molecule has 0 spiro atoms. The van der Waals surface area contributed by atoms with Crippen LogP contribution in [0.2, 0.25) is 0 Å². The summed E-state index contributed by atoms with van der Waals surface area (Å²) in [5, 5.41) is 2.94. The van der Waals surface area contributed by atoms with Gasteiger partial charge in [0.15, 0.2) is 0 Å². The molecule has 0 aromatic rings. The summed E-state index contributed by atoms with van der Waals surface area (Å²) in [5.74, 6) is 0.00664. The zero-order valence-electron chi connectivity index (χ0n) is 9.01. The van der Waals surface area contributed by atoms with Gasteiger partial charge in [-0.05, 0) is 25.5 Å². The predicted molar refractivity (Wildman–Crippen MR) is 61.4 cm³/mol. The zero-order chi connectivity index (χ0) is 10.6. The number of carbonyl (C=O) groups is 1. The van der Waals surface area contributed by atoms with Gasteiger partial charge >= 0.3 is 0 Å². The van der Waals surface area contributed by atoms with E-state index in [0.29, 0.717) is 4.75 Å². The first kappa shape index (κ1) is 11.9. The highest BCUT2D eigenvalue weighted by atomic mass is 32.2. The lowest BCUT2D eigenvalue weighted by Crippen LogP contribution is -2.43. The van der Waals surface area contributed by atoms with Crippen LogP contribution >= 0.6 is 11.8 Å². The highest BCUT2D eigenvalue weighted by Gasteiger charge is 2.42. The molecule has 1 amide bonds. The van der Waals surface area contributed by atoms with Crippen LogP contribution in [0.15, 0.2) is 0 Å². The summed E-state index contributed by atoms with van der Waals surface area (Å²) in [6, 6.07) is -0.322. The molecule has 4 heteroatoms. The molecule has 0 bridgehead atoms. The number of amides is 1. The molecule has 0 radical (unpaired) electrons. The summed E-state index contributed by atoms with van der Waals surface area (Å²) in [7, 11) is 0. The van der Waals surface area contributed by atoms with Crippen LogP contribution in [-0.2, 0) is 4.79 Å². The summed E-state index contributed by atoms with van der Waals surface area (Å²) in [5.41, 5.74) is 5.70. The SMILES string of the molecule is CCC[C@@H](N)C(=O)NCC1(SC)CC1. The topological polar surface area (TPSA) is 55.1 Å². The first-order chi connectivity index (χ1) is 6.63. The van der Waals surface area contributed by atoms with Crippen molar-refractivity contribution >= 4 is 17.7 Å². The van der Waals surface area contributed by atoms with Crippen molar-refractivity contribution in [2.24, 2.45) is 5.73 Å². The second-order valence-corrected chi connectivity index (χ2v) is 5.27. The largest absolute Gasteiger partial charge is 0.353 e. The molecule has 0 aromatic heterocycles. The highest BCUT2D eigenvalue weighted by Crippen LogP contribution is 2.46. The molecule has 1 aliphatic rings. The molecule has 0 heterocycles. The lowest BCUT2D eigenvalue weighted by atomic mass is 10.1. The van der Waals surface area contributed by atoms with Crippen LogP contribution in [0.3, 0.4) is 0 Å². The van der Waals surface area contributed by atoms with E-state index in [2.05, 4.69) is 11.6 Å².